The number of pyridine rings is 1. The summed E-state index contributed by atoms with van der Waals surface area (Å²) in [7, 11) is -3.80. The zero-order valence-electron chi connectivity index (χ0n) is 11.1. The third kappa shape index (κ3) is 2.88. The van der Waals surface area contributed by atoms with E-state index in [0.717, 1.165) is 10.8 Å². The van der Waals surface area contributed by atoms with Crippen molar-refractivity contribution < 1.29 is 8.42 Å². The van der Waals surface area contributed by atoms with Gasteiger partial charge in [0.25, 0.3) is 10.0 Å². The molecule has 0 aliphatic heterocycles. The molecule has 0 amide bonds. The molecule has 22 heavy (non-hydrogen) atoms. The van der Waals surface area contributed by atoms with Crippen LogP contribution in [0.3, 0.4) is 0 Å². The maximum atomic E-state index is 12.5. The van der Waals surface area contributed by atoms with Crippen molar-refractivity contribution in [3.05, 3.63) is 64.9 Å². The summed E-state index contributed by atoms with van der Waals surface area (Å²) in [4.78, 5) is 3.72. The molecule has 3 rings (SSSR count). The highest BCUT2D eigenvalue weighted by Crippen LogP contribution is 2.27. The van der Waals surface area contributed by atoms with Crippen LogP contribution < -0.4 is 4.72 Å². The van der Waals surface area contributed by atoms with E-state index in [1.807, 2.05) is 30.3 Å². The molecule has 2 aromatic carbocycles. The molecule has 0 aliphatic rings. The molecule has 0 bridgehead atoms. The standard InChI is InChI=1S/C15H10Cl2N2O2S/c16-13-8-11(9-18-15(13)17)22(20,21)19-14-7-3-5-10-4-1-2-6-12(10)14/h1-9,19H. The van der Waals surface area contributed by atoms with E-state index in [-0.39, 0.29) is 15.1 Å². The van der Waals surface area contributed by atoms with Gasteiger partial charge in [0.1, 0.15) is 10.0 Å². The van der Waals surface area contributed by atoms with Crippen molar-refractivity contribution in [2.45, 2.75) is 4.90 Å². The smallest absolute Gasteiger partial charge is 0.263 e. The molecule has 1 heterocycles. The Morgan fingerprint density at radius 1 is 1.00 bits per heavy atom. The molecule has 0 aliphatic carbocycles. The van der Waals surface area contributed by atoms with E-state index in [1.165, 1.54) is 12.3 Å². The molecule has 1 aromatic heterocycles. The molecule has 0 radical (unpaired) electrons. The number of nitrogens with one attached hydrogen (secondary N) is 1. The van der Waals surface area contributed by atoms with Crippen molar-refractivity contribution in [3.8, 4) is 0 Å². The van der Waals surface area contributed by atoms with Gasteiger partial charge in [-0.2, -0.15) is 0 Å². The first-order chi connectivity index (χ1) is 10.5. The van der Waals surface area contributed by atoms with Crippen molar-refractivity contribution in [1.82, 2.24) is 4.98 Å². The summed E-state index contributed by atoms with van der Waals surface area (Å²) in [5, 5.41) is 1.89. The quantitative estimate of drug-likeness (QED) is 0.713. The van der Waals surface area contributed by atoms with E-state index in [1.54, 1.807) is 12.1 Å². The zero-order valence-corrected chi connectivity index (χ0v) is 13.5. The number of benzene rings is 2. The van der Waals surface area contributed by atoms with Crippen LogP contribution in [0.1, 0.15) is 0 Å². The van der Waals surface area contributed by atoms with Crippen LogP contribution in [0.4, 0.5) is 5.69 Å². The number of hydrogen-bond donors (Lipinski definition) is 1. The molecule has 0 unspecified atom stereocenters. The molecule has 0 spiro atoms. The molecular formula is C15H10Cl2N2O2S. The predicted octanol–water partition coefficient (Wildman–Crippen LogP) is 4.34. The van der Waals surface area contributed by atoms with Crippen molar-refractivity contribution in [1.29, 1.82) is 0 Å². The van der Waals surface area contributed by atoms with Crippen LogP contribution in [0.2, 0.25) is 10.2 Å². The lowest BCUT2D eigenvalue weighted by Gasteiger charge is -2.11. The van der Waals surface area contributed by atoms with Gasteiger partial charge in [0, 0.05) is 11.6 Å². The van der Waals surface area contributed by atoms with Gasteiger partial charge in [-0.1, -0.05) is 59.6 Å². The zero-order chi connectivity index (χ0) is 15.7. The Morgan fingerprint density at radius 3 is 2.50 bits per heavy atom. The largest absolute Gasteiger partial charge is 0.279 e. The normalized spacial score (nSPS) is 11.5. The maximum absolute atomic E-state index is 12.5. The monoisotopic (exact) mass is 352 g/mol. The van der Waals surface area contributed by atoms with Crippen LogP contribution in [0.5, 0.6) is 0 Å². The molecule has 7 heteroatoms. The molecule has 0 saturated heterocycles. The molecule has 0 fully saturated rings. The fourth-order valence-corrected chi connectivity index (χ4v) is 3.45. The Morgan fingerprint density at radius 2 is 1.73 bits per heavy atom. The van der Waals surface area contributed by atoms with Crippen molar-refractivity contribution in [3.63, 3.8) is 0 Å². The lowest BCUT2D eigenvalue weighted by atomic mass is 10.1. The van der Waals surface area contributed by atoms with Crippen LogP contribution in [0.15, 0.2) is 59.6 Å². The highest BCUT2D eigenvalue weighted by Gasteiger charge is 2.17. The minimum absolute atomic E-state index is 0.0464. The van der Waals surface area contributed by atoms with E-state index in [2.05, 4.69) is 9.71 Å². The van der Waals surface area contributed by atoms with Gasteiger partial charge in [0.05, 0.1) is 10.7 Å². The topological polar surface area (TPSA) is 59.1 Å². The predicted molar refractivity (Wildman–Crippen MR) is 89.0 cm³/mol. The molecule has 112 valence electrons. The first-order valence-corrected chi connectivity index (χ1v) is 8.53. The summed E-state index contributed by atoms with van der Waals surface area (Å²) in [5.74, 6) is 0. The van der Waals surface area contributed by atoms with Crippen molar-refractivity contribution in [2.75, 3.05) is 4.72 Å². The minimum atomic E-state index is -3.80. The van der Waals surface area contributed by atoms with Gasteiger partial charge >= 0.3 is 0 Å². The van der Waals surface area contributed by atoms with Crippen LogP contribution in [0.25, 0.3) is 10.8 Å². The maximum Gasteiger partial charge on any atom is 0.263 e. The Labute approximate surface area is 137 Å². The second-order valence-electron chi connectivity index (χ2n) is 4.58. The number of nitrogens with zero attached hydrogens (tertiary/aromatic N) is 1. The fraction of sp³-hybridized carbons (Fsp3) is 0. The average Bonchev–Trinajstić information content (AvgIpc) is 2.50. The number of aromatic nitrogens is 1. The summed E-state index contributed by atoms with van der Waals surface area (Å²) in [6.45, 7) is 0. The molecule has 0 saturated carbocycles. The van der Waals surface area contributed by atoms with E-state index >= 15 is 0 Å². The summed E-state index contributed by atoms with van der Waals surface area (Å²) in [6, 6.07) is 14.2. The number of halogens is 2. The molecule has 4 nitrogen and oxygen atoms in total. The third-order valence-corrected chi connectivity index (χ3v) is 5.13. The van der Waals surface area contributed by atoms with E-state index in [9.17, 15) is 8.42 Å². The van der Waals surface area contributed by atoms with Gasteiger partial charge in [-0.25, -0.2) is 13.4 Å². The lowest BCUT2D eigenvalue weighted by molar-refractivity contribution is 0.601. The Bertz CT molecular complexity index is 953. The van der Waals surface area contributed by atoms with E-state index in [4.69, 9.17) is 23.2 Å². The van der Waals surface area contributed by atoms with Crippen molar-refractivity contribution in [2.24, 2.45) is 0 Å². The van der Waals surface area contributed by atoms with Crippen LogP contribution in [-0.2, 0) is 10.0 Å². The summed E-state index contributed by atoms with van der Waals surface area (Å²) in [5.41, 5.74) is 0.490. The molecular weight excluding hydrogens is 343 g/mol. The lowest BCUT2D eigenvalue weighted by Crippen LogP contribution is -2.13. The van der Waals surface area contributed by atoms with E-state index < -0.39 is 10.0 Å². The highest BCUT2D eigenvalue weighted by atomic mass is 35.5. The SMILES string of the molecule is O=S(=O)(Nc1cccc2ccccc12)c1cnc(Cl)c(Cl)c1. The Balaban J connectivity index is 2.05. The third-order valence-electron chi connectivity index (χ3n) is 3.12. The van der Waals surface area contributed by atoms with E-state index in [0.29, 0.717) is 5.69 Å². The van der Waals surface area contributed by atoms with Gasteiger partial charge in [0.15, 0.2) is 0 Å². The fourth-order valence-electron chi connectivity index (χ4n) is 2.07. The Kier molecular flexibility index (Phi) is 3.95. The number of sulfonamides is 1. The van der Waals surface area contributed by atoms with Gasteiger partial charge in [-0.15, -0.1) is 0 Å². The molecule has 0 atom stereocenters. The van der Waals surface area contributed by atoms with Gasteiger partial charge in [-0.3, -0.25) is 4.72 Å². The highest BCUT2D eigenvalue weighted by molar-refractivity contribution is 7.92. The summed E-state index contributed by atoms with van der Waals surface area (Å²) in [6.07, 6.45) is 1.17. The number of anilines is 1. The number of hydrogen-bond acceptors (Lipinski definition) is 3. The molecule has 3 aromatic rings. The Hall–Kier alpha value is -1.82. The summed E-state index contributed by atoms with van der Waals surface area (Å²) >= 11 is 11.5. The second kappa shape index (κ2) is 5.76. The molecule has 1 N–H and O–H groups in total. The number of rotatable bonds is 3. The first kappa shape index (κ1) is 15.1. The van der Waals surface area contributed by atoms with Gasteiger partial charge in [0.2, 0.25) is 0 Å². The van der Waals surface area contributed by atoms with Gasteiger partial charge in [-0.05, 0) is 17.5 Å². The second-order valence-corrected chi connectivity index (χ2v) is 7.02. The van der Waals surface area contributed by atoms with Crippen molar-refractivity contribution >= 4 is 49.7 Å². The number of fused-ring (bicyclic) bond motifs is 1. The average molecular weight is 353 g/mol. The minimum Gasteiger partial charge on any atom is -0.279 e. The van der Waals surface area contributed by atoms with Crippen LogP contribution in [-0.4, -0.2) is 13.4 Å². The van der Waals surface area contributed by atoms with Crippen LogP contribution in [0, 0.1) is 0 Å². The first-order valence-electron chi connectivity index (χ1n) is 6.29. The van der Waals surface area contributed by atoms with Gasteiger partial charge < -0.3 is 0 Å². The summed E-state index contributed by atoms with van der Waals surface area (Å²) < 4.78 is 27.5. The van der Waals surface area contributed by atoms with Crippen LogP contribution >= 0.6 is 23.2 Å².